The van der Waals surface area contributed by atoms with Crippen LogP contribution >= 0.6 is 15.9 Å². The molecule has 0 bridgehead atoms. The Morgan fingerprint density at radius 3 is 2.42 bits per heavy atom. The van der Waals surface area contributed by atoms with Crippen molar-refractivity contribution in [1.82, 2.24) is 4.90 Å². The van der Waals surface area contributed by atoms with Crippen molar-refractivity contribution < 1.29 is 0 Å². The molecular weight excluding hydrogens is 302 g/mol. The molecule has 0 fully saturated rings. The number of halogens is 1. The average Bonchev–Trinajstić information content (AvgIpc) is 2.34. The van der Waals surface area contributed by atoms with Gasteiger partial charge in [-0.1, -0.05) is 13.8 Å². The highest BCUT2D eigenvalue weighted by Crippen LogP contribution is 2.27. The largest absolute Gasteiger partial charge is 0.369 e. The first-order chi connectivity index (χ1) is 8.93. The second-order valence-electron chi connectivity index (χ2n) is 5.42. The Bertz CT molecular complexity index is 449. The van der Waals surface area contributed by atoms with Gasteiger partial charge in [-0.05, 0) is 54.1 Å². The van der Waals surface area contributed by atoms with E-state index in [4.69, 9.17) is 5.26 Å². The van der Waals surface area contributed by atoms with Gasteiger partial charge in [0.25, 0.3) is 0 Å². The van der Waals surface area contributed by atoms with Crippen LogP contribution in [0.5, 0.6) is 0 Å². The molecule has 0 amide bonds. The van der Waals surface area contributed by atoms with Gasteiger partial charge in [-0.2, -0.15) is 5.26 Å². The minimum absolute atomic E-state index is 0.602. The summed E-state index contributed by atoms with van der Waals surface area (Å²) in [6.07, 6.45) is 0. The fourth-order valence-corrected chi connectivity index (χ4v) is 2.53. The van der Waals surface area contributed by atoms with Gasteiger partial charge in [-0.3, -0.25) is 0 Å². The standard InChI is InChI=1S/C15H22BrN3/c1-12(2)11-19(8-7-18(3)4)15-6-5-13(10-17)9-14(15)16/h5-6,9,12H,7-8,11H2,1-4H3. The predicted octanol–water partition coefficient (Wildman–Crippen LogP) is 3.34. The van der Waals surface area contributed by atoms with E-state index in [0.717, 1.165) is 29.8 Å². The SMILES string of the molecule is CC(C)CN(CCN(C)C)c1ccc(C#N)cc1Br. The van der Waals surface area contributed by atoms with Gasteiger partial charge in [0.15, 0.2) is 0 Å². The van der Waals surface area contributed by atoms with E-state index >= 15 is 0 Å². The third-order valence-corrected chi connectivity index (χ3v) is 3.46. The van der Waals surface area contributed by atoms with E-state index in [9.17, 15) is 0 Å². The van der Waals surface area contributed by atoms with E-state index in [1.165, 1.54) is 0 Å². The van der Waals surface area contributed by atoms with Crippen molar-refractivity contribution in [3.63, 3.8) is 0 Å². The first-order valence-electron chi connectivity index (χ1n) is 6.53. The second-order valence-corrected chi connectivity index (χ2v) is 6.28. The van der Waals surface area contributed by atoms with Crippen LogP contribution < -0.4 is 4.90 Å². The number of rotatable bonds is 6. The molecule has 0 radical (unpaired) electrons. The minimum Gasteiger partial charge on any atom is -0.369 e. The fraction of sp³-hybridized carbons (Fsp3) is 0.533. The third-order valence-electron chi connectivity index (χ3n) is 2.82. The molecule has 0 heterocycles. The molecule has 104 valence electrons. The summed E-state index contributed by atoms with van der Waals surface area (Å²) in [4.78, 5) is 4.56. The Hall–Kier alpha value is -1.05. The van der Waals surface area contributed by atoms with Gasteiger partial charge < -0.3 is 9.80 Å². The number of nitrogens with zero attached hydrogens (tertiary/aromatic N) is 3. The summed E-state index contributed by atoms with van der Waals surface area (Å²) >= 11 is 3.58. The molecule has 0 aromatic heterocycles. The summed E-state index contributed by atoms with van der Waals surface area (Å²) in [5, 5.41) is 8.92. The quantitative estimate of drug-likeness (QED) is 0.804. The molecule has 0 aliphatic heterocycles. The normalized spacial score (nSPS) is 10.8. The number of likely N-dealkylation sites (N-methyl/N-ethyl adjacent to an activating group) is 1. The zero-order valence-electron chi connectivity index (χ0n) is 12.2. The van der Waals surface area contributed by atoms with E-state index in [-0.39, 0.29) is 0 Å². The lowest BCUT2D eigenvalue weighted by Crippen LogP contribution is -2.34. The number of nitriles is 1. The molecule has 1 aromatic carbocycles. The lowest BCUT2D eigenvalue weighted by atomic mass is 10.1. The van der Waals surface area contributed by atoms with Crippen molar-refractivity contribution in [3.05, 3.63) is 28.2 Å². The molecule has 0 aliphatic carbocycles. The maximum atomic E-state index is 8.92. The highest BCUT2D eigenvalue weighted by Gasteiger charge is 2.12. The van der Waals surface area contributed by atoms with Gasteiger partial charge in [0.2, 0.25) is 0 Å². The lowest BCUT2D eigenvalue weighted by Gasteiger charge is -2.29. The summed E-state index contributed by atoms with van der Waals surface area (Å²) < 4.78 is 0.992. The Kier molecular flexibility index (Phi) is 6.33. The van der Waals surface area contributed by atoms with Crippen LogP contribution in [-0.4, -0.2) is 38.6 Å². The molecule has 0 spiro atoms. The molecule has 1 rings (SSSR count). The van der Waals surface area contributed by atoms with Crippen molar-refractivity contribution in [2.45, 2.75) is 13.8 Å². The van der Waals surface area contributed by atoms with Crippen molar-refractivity contribution >= 4 is 21.6 Å². The van der Waals surface area contributed by atoms with Crippen molar-refractivity contribution in [2.24, 2.45) is 5.92 Å². The maximum absolute atomic E-state index is 8.92. The average molecular weight is 324 g/mol. The van der Waals surface area contributed by atoms with Crippen molar-refractivity contribution in [3.8, 4) is 6.07 Å². The van der Waals surface area contributed by atoms with Crippen LogP contribution in [0.1, 0.15) is 19.4 Å². The van der Waals surface area contributed by atoms with Crippen LogP contribution in [0.2, 0.25) is 0 Å². The monoisotopic (exact) mass is 323 g/mol. The summed E-state index contributed by atoms with van der Waals surface area (Å²) in [6, 6.07) is 7.96. The zero-order valence-corrected chi connectivity index (χ0v) is 13.7. The number of benzene rings is 1. The highest BCUT2D eigenvalue weighted by atomic mass is 79.9. The molecule has 0 unspecified atom stereocenters. The molecule has 19 heavy (non-hydrogen) atoms. The van der Waals surface area contributed by atoms with Crippen molar-refractivity contribution in [2.75, 3.05) is 38.6 Å². The molecular formula is C15H22BrN3. The van der Waals surface area contributed by atoms with E-state index in [1.54, 1.807) is 0 Å². The molecule has 0 atom stereocenters. The molecule has 0 aliphatic rings. The molecule has 4 heteroatoms. The molecule has 3 nitrogen and oxygen atoms in total. The van der Waals surface area contributed by atoms with Gasteiger partial charge in [-0.25, -0.2) is 0 Å². The zero-order chi connectivity index (χ0) is 14.4. The number of anilines is 1. The van der Waals surface area contributed by atoms with Crippen LogP contribution in [0.4, 0.5) is 5.69 Å². The number of hydrogen-bond donors (Lipinski definition) is 0. The van der Waals surface area contributed by atoms with E-state index < -0.39 is 0 Å². The first kappa shape index (κ1) is 16.0. The molecule has 1 aromatic rings. The van der Waals surface area contributed by atoms with Crippen LogP contribution in [0.3, 0.4) is 0 Å². The first-order valence-corrected chi connectivity index (χ1v) is 7.32. The Morgan fingerprint density at radius 2 is 1.95 bits per heavy atom. The lowest BCUT2D eigenvalue weighted by molar-refractivity contribution is 0.409. The summed E-state index contributed by atoms with van der Waals surface area (Å²) in [6.45, 7) is 7.45. The maximum Gasteiger partial charge on any atom is 0.0992 e. The Morgan fingerprint density at radius 1 is 1.26 bits per heavy atom. The highest BCUT2D eigenvalue weighted by molar-refractivity contribution is 9.10. The van der Waals surface area contributed by atoms with Gasteiger partial charge in [0, 0.05) is 24.1 Å². The second kappa shape index (κ2) is 7.52. The van der Waals surface area contributed by atoms with Gasteiger partial charge in [0.05, 0.1) is 17.3 Å². The summed E-state index contributed by atoms with van der Waals surface area (Å²) in [5.41, 5.74) is 1.85. The van der Waals surface area contributed by atoms with Crippen LogP contribution in [0.25, 0.3) is 0 Å². The Labute approximate surface area is 124 Å². The van der Waals surface area contributed by atoms with Crippen LogP contribution in [0.15, 0.2) is 22.7 Å². The van der Waals surface area contributed by atoms with Gasteiger partial charge >= 0.3 is 0 Å². The van der Waals surface area contributed by atoms with Crippen LogP contribution in [-0.2, 0) is 0 Å². The van der Waals surface area contributed by atoms with E-state index in [0.29, 0.717) is 11.5 Å². The predicted molar refractivity (Wildman–Crippen MR) is 84.5 cm³/mol. The molecule has 0 saturated heterocycles. The van der Waals surface area contributed by atoms with E-state index in [1.807, 2.05) is 18.2 Å². The summed E-state index contributed by atoms with van der Waals surface area (Å²) in [7, 11) is 4.17. The topological polar surface area (TPSA) is 30.3 Å². The number of hydrogen-bond acceptors (Lipinski definition) is 3. The third kappa shape index (κ3) is 5.22. The molecule has 0 N–H and O–H groups in total. The summed E-state index contributed by atoms with van der Waals surface area (Å²) in [5.74, 6) is 0.602. The van der Waals surface area contributed by atoms with E-state index in [2.05, 4.69) is 59.7 Å². The van der Waals surface area contributed by atoms with Gasteiger partial charge in [-0.15, -0.1) is 0 Å². The smallest absolute Gasteiger partial charge is 0.0992 e. The van der Waals surface area contributed by atoms with Crippen LogP contribution in [0, 0.1) is 17.2 Å². The molecule has 0 saturated carbocycles. The van der Waals surface area contributed by atoms with Gasteiger partial charge in [0.1, 0.15) is 0 Å². The minimum atomic E-state index is 0.602. The van der Waals surface area contributed by atoms with Crippen molar-refractivity contribution in [1.29, 1.82) is 5.26 Å². The fourth-order valence-electron chi connectivity index (χ4n) is 1.90. The Balaban J connectivity index is 2.93.